The second kappa shape index (κ2) is 10.4. The predicted octanol–water partition coefficient (Wildman–Crippen LogP) is 4.01. The van der Waals surface area contributed by atoms with Gasteiger partial charge in [-0.3, -0.25) is 14.9 Å². The third-order valence-corrected chi connectivity index (χ3v) is 6.02. The summed E-state index contributed by atoms with van der Waals surface area (Å²) in [4.78, 5) is 25.8. The van der Waals surface area contributed by atoms with E-state index in [1.165, 1.54) is 43.8 Å². The van der Waals surface area contributed by atoms with Gasteiger partial charge < -0.3 is 15.5 Å². The monoisotopic (exact) mass is 424 g/mol. The molecule has 0 aromatic heterocycles. The summed E-state index contributed by atoms with van der Waals surface area (Å²) in [6, 6.07) is 14.9. The van der Waals surface area contributed by atoms with Crippen LogP contribution in [0.15, 0.2) is 48.5 Å². The first kappa shape index (κ1) is 22.7. The van der Waals surface area contributed by atoms with Crippen molar-refractivity contribution in [2.45, 2.75) is 38.5 Å². The Morgan fingerprint density at radius 1 is 0.968 bits per heavy atom. The van der Waals surface area contributed by atoms with E-state index >= 15 is 0 Å². The molecule has 7 heteroatoms. The minimum Gasteiger partial charge on any atom is -0.399 e. The van der Waals surface area contributed by atoms with Gasteiger partial charge in [0.15, 0.2) is 0 Å². The molecular formula is C24H32N4O3. The summed E-state index contributed by atoms with van der Waals surface area (Å²) >= 11 is 0. The Labute approximate surface area is 184 Å². The van der Waals surface area contributed by atoms with Crippen molar-refractivity contribution >= 4 is 17.3 Å². The number of carbonyl (C=O) groups excluding carboxylic acids is 1. The highest BCUT2D eigenvalue weighted by Gasteiger charge is 2.30. The lowest BCUT2D eigenvalue weighted by Crippen LogP contribution is -2.48. The summed E-state index contributed by atoms with van der Waals surface area (Å²) in [7, 11) is 0. The van der Waals surface area contributed by atoms with Crippen LogP contribution in [0, 0.1) is 10.1 Å². The van der Waals surface area contributed by atoms with E-state index in [0.717, 1.165) is 30.3 Å². The van der Waals surface area contributed by atoms with Crippen molar-refractivity contribution in [1.82, 2.24) is 9.80 Å². The van der Waals surface area contributed by atoms with E-state index in [9.17, 15) is 14.9 Å². The molecule has 0 saturated carbocycles. The van der Waals surface area contributed by atoms with Gasteiger partial charge in [-0.25, -0.2) is 0 Å². The molecule has 0 aliphatic carbocycles. The van der Waals surface area contributed by atoms with Crippen LogP contribution in [0.2, 0.25) is 0 Å². The fourth-order valence-electron chi connectivity index (χ4n) is 4.03. The van der Waals surface area contributed by atoms with Gasteiger partial charge in [0.1, 0.15) is 0 Å². The fraction of sp³-hybridized carbons (Fsp3) is 0.458. The maximum absolute atomic E-state index is 11.4. The van der Waals surface area contributed by atoms with Gasteiger partial charge in [0, 0.05) is 62.3 Å². The van der Waals surface area contributed by atoms with Gasteiger partial charge in [0.25, 0.3) is 5.69 Å². The normalized spacial score (nSPS) is 16.6. The van der Waals surface area contributed by atoms with Crippen LogP contribution in [-0.2, 0) is 4.79 Å². The zero-order chi connectivity index (χ0) is 22.4. The molecule has 31 heavy (non-hydrogen) atoms. The largest absolute Gasteiger partial charge is 0.399 e. The van der Waals surface area contributed by atoms with Crippen LogP contribution in [0.4, 0.5) is 11.4 Å². The Morgan fingerprint density at radius 2 is 1.48 bits per heavy atom. The number of nitrogens with zero attached hydrogens (tertiary/aromatic N) is 3. The number of nitrogens with two attached hydrogens (primary N) is 1. The smallest absolute Gasteiger partial charge is 0.269 e. The SMILES string of the molecule is CCC(=O)N1CC(c2ccc([N+](=O)[O-])cc2)C1.CCCN1CC(c2ccc(N)cc2)C1. The number of hydrogen-bond acceptors (Lipinski definition) is 5. The number of likely N-dealkylation sites (tertiary alicyclic amines) is 2. The van der Waals surface area contributed by atoms with Crippen molar-refractivity contribution in [2.24, 2.45) is 0 Å². The molecule has 0 radical (unpaired) electrons. The van der Waals surface area contributed by atoms with Crippen LogP contribution in [0.25, 0.3) is 0 Å². The van der Waals surface area contributed by atoms with E-state index in [1.54, 1.807) is 12.1 Å². The van der Waals surface area contributed by atoms with Crippen molar-refractivity contribution in [2.75, 3.05) is 38.5 Å². The van der Waals surface area contributed by atoms with Crippen LogP contribution in [-0.4, -0.2) is 53.4 Å². The van der Waals surface area contributed by atoms with Crippen molar-refractivity contribution in [3.8, 4) is 0 Å². The van der Waals surface area contributed by atoms with Gasteiger partial charge in [-0.05, 0) is 36.2 Å². The van der Waals surface area contributed by atoms with Gasteiger partial charge in [-0.2, -0.15) is 0 Å². The molecule has 0 bridgehead atoms. The first-order chi connectivity index (χ1) is 14.9. The van der Waals surface area contributed by atoms with Crippen molar-refractivity contribution in [3.63, 3.8) is 0 Å². The Hall–Kier alpha value is -2.93. The lowest BCUT2D eigenvalue weighted by molar-refractivity contribution is -0.384. The second-order valence-electron chi connectivity index (χ2n) is 8.32. The predicted molar refractivity (Wildman–Crippen MR) is 123 cm³/mol. The number of non-ortho nitro benzene ring substituents is 1. The molecule has 2 aliphatic heterocycles. The standard InChI is InChI=1S/C12H14N2O3.C12H18N2/c1-2-12(15)13-7-10(8-13)9-3-5-11(6-4-9)14(16)17;1-2-7-14-8-11(9-14)10-3-5-12(13)6-4-10/h3-6,10H,2,7-8H2,1H3;3-6,11H,2,7-9,13H2,1H3. The number of anilines is 1. The molecule has 2 aliphatic rings. The van der Waals surface area contributed by atoms with Gasteiger partial charge in [0.2, 0.25) is 5.91 Å². The number of nitrogen functional groups attached to an aromatic ring is 1. The minimum absolute atomic E-state index is 0.106. The van der Waals surface area contributed by atoms with E-state index in [0.29, 0.717) is 12.3 Å². The summed E-state index contributed by atoms with van der Waals surface area (Å²) in [5, 5.41) is 10.5. The third kappa shape index (κ3) is 5.82. The summed E-state index contributed by atoms with van der Waals surface area (Å²) in [5.41, 5.74) is 9.12. The summed E-state index contributed by atoms with van der Waals surface area (Å²) in [6.07, 6.45) is 1.79. The lowest BCUT2D eigenvalue weighted by atomic mass is 9.91. The quantitative estimate of drug-likeness (QED) is 0.430. The summed E-state index contributed by atoms with van der Waals surface area (Å²) < 4.78 is 0. The molecule has 2 saturated heterocycles. The average molecular weight is 425 g/mol. The van der Waals surface area contributed by atoms with Crippen molar-refractivity contribution in [1.29, 1.82) is 0 Å². The minimum atomic E-state index is -0.405. The third-order valence-electron chi connectivity index (χ3n) is 6.02. The molecule has 2 aromatic carbocycles. The second-order valence-corrected chi connectivity index (χ2v) is 8.32. The number of amides is 1. The van der Waals surface area contributed by atoms with E-state index in [-0.39, 0.29) is 11.6 Å². The number of nitro benzene ring substituents is 1. The van der Waals surface area contributed by atoms with Gasteiger partial charge >= 0.3 is 0 Å². The molecule has 166 valence electrons. The first-order valence-electron chi connectivity index (χ1n) is 11.0. The summed E-state index contributed by atoms with van der Waals surface area (Å²) in [5.74, 6) is 1.23. The van der Waals surface area contributed by atoms with E-state index in [2.05, 4.69) is 24.0 Å². The van der Waals surface area contributed by atoms with Gasteiger partial charge in [-0.15, -0.1) is 0 Å². The molecule has 0 spiro atoms. The Bertz CT molecular complexity index is 871. The van der Waals surface area contributed by atoms with Gasteiger partial charge in [-0.1, -0.05) is 38.1 Å². The number of nitro groups is 1. The fourth-order valence-corrected chi connectivity index (χ4v) is 4.03. The number of hydrogen-bond donors (Lipinski definition) is 1. The zero-order valence-corrected chi connectivity index (χ0v) is 18.4. The Morgan fingerprint density at radius 3 is 1.97 bits per heavy atom. The van der Waals surface area contributed by atoms with Crippen molar-refractivity contribution < 1.29 is 9.72 Å². The van der Waals surface area contributed by atoms with Crippen LogP contribution in [0.1, 0.15) is 49.7 Å². The highest BCUT2D eigenvalue weighted by molar-refractivity contribution is 5.77. The topological polar surface area (TPSA) is 92.7 Å². The molecule has 2 aromatic rings. The van der Waals surface area contributed by atoms with Crippen LogP contribution < -0.4 is 5.73 Å². The molecule has 2 fully saturated rings. The molecule has 2 N–H and O–H groups in total. The van der Waals surface area contributed by atoms with Crippen LogP contribution in [0.3, 0.4) is 0 Å². The van der Waals surface area contributed by atoms with Crippen molar-refractivity contribution in [3.05, 3.63) is 69.8 Å². The molecular weight excluding hydrogens is 392 g/mol. The molecule has 0 unspecified atom stereocenters. The lowest BCUT2D eigenvalue weighted by Gasteiger charge is -2.39. The van der Waals surface area contributed by atoms with Gasteiger partial charge in [0.05, 0.1) is 4.92 Å². The highest BCUT2D eigenvalue weighted by Crippen LogP contribution is 2.29. The first-order valence-corrected chi connectivity index (χ1v) is 11.0. The summed E-state index contributed by atoms with van der Waals surface area (Å²) in [6.45, 7) is 9.22. The zero-order valence-electron chi connectivity index (χ0n) is 18.4. The molecule has 0 atom stereocenters. The molecule has 7 nitrogen and oxygen atoms in total. The Kier molecular flexibility index (Phi) is 7.63. The van der Waals surface area contributed by atoms with E-state index in [1.807, 2.05) is 24.0 Å². The van der Waals surface area contributed by atoms with Crippen LogP contribution >= 0.6 is 0 Å². The Balaban J connectivity index is 0.000000179. The van der Waals surface area contributed by atoms with E-state index in [4.69, 9.17) is 5.73 Å². The molecule has 1 amide bonds. The average Bonchev–Trinajstić information content (AvgIpc) is 2.71. The van der Waals surface area contributed by atoms with Crippen LogP contribution in [0.5, 0.6) is 0 Å². The molecule has 2 heterocycles. The molecule has 4 rings (SSSR count). The highest BCUT2D eigenvalue weighted by atomic mass is 16.6. The number of benzene rings is 2. The number of carbonyl (C=O) groups is 1. The maximum atomic E-state index is 11.4. The van der Waals surface area contributed by atoms with E-state index < -0.39 is 4.92 Å². The maximum Gasteiger partial charge on any atom is 0.269 e. The number of rotatable bonds is 6.